The van der Waals surface area contributed by atoms with Crippen LogP contribution in [-0.2, 0) is 0 Å². The maximum Gasteiger partial charge on any atom is 0.282 e. The largest absolute Gasteiger partial charge is 0.334 e. The number of nitro groups is 1. The smallest absolute Gasteiger partial charge is 0.282 e. The minimum Gasteiger partial charge on any atom is -0.334 e. The molecule has 0 N–H and O–H groups in total. The lowest BCUT2D eigenvalue weighted by Crippen LogP contribution is -2.42. The molecule has 0 aliphatic rings. The molecule has 5 nitrogen and oxygen atoms in total. The molecule has 0 saturated carbocycles. The van der Waals surface area contributed by atoms with Gasteiger partial charge in [0, 0.05) is 18.2 Å². The lowest BCUT2D eigenvalue weighted by atomic mass is 10.0. The average Bonchev–Trinajstić information content (AvgIpc) is 2.54. The Hall–Kier alpha value is -2.69. The normalized spacial score (nSPS) is 10.9. The number of nitrogens with zero attached hydrogens (tertiary/aromatic N) is 2. The fourth-order valence-electron chi connectivity index (χ4n) is 2.88. The summed E-state index contributed by atoms with van der Waals surface area (Å²) < 4.78 is 0. The highest BCUT2D eigenvalue weighted by Gasteiger charge is 2.28. The number of carbonyl (C=O) groups excluding carboxylic acids is 1. The van der Waals surface area contributed by atoms with Gasteiger partial charge >= 0.3 is 0 Å². The zero-order valence-electron chi connectivity index (χ0n) is 14.4. The fraction of sp³-hybridized carbons (Fsp3) is 0.316. The Morgan fingerprint density at radius 3 is 2.04 bits per heavy atom. The summed E-state index contributed by atoms with van der Waals surface area (Å²) in [5.74, 6) is -0.315. The van der Waals surface area contributed by atoms with Crippen LogP contribution in [0.25, 0.3) is 11.1 Å². The number of hydrogen-bond acceptors (Lipinski definition) is 3. The van der Waals surface area contributed by atoms with Crippen molar-refractivity contribution in [2.75, 3.05) is 0 Å². The number of benzene rings is 2. The molecule has 2 rings (SSSR count). The molecule has 0 aliphatic carbocycles. The topological polar surface area (TPSA) is 63.5 Å². The van der Waals surface area contributed by atoms with Crippen LogP contribution in [0, 0.1) is 10.1 Å². The Morgan fingerprint density at radius 1 is 0.958 bits per heavy atom. The first-order valence-corrected chi connectivity index (χ1v) is 7.99. The number of hydrogen-bond donors (Lipinski definition) is 0. The van der Waals surface area contributed by atoms with Crippen LogP contribution < -0.4 is 0 Å². The van der Waals surface area contributed by atoms with Crippen LogP contribution in [0.4, 0.5) is 5.69 Å². The van der Waals surface area contributed by atoms with Gasteiger partial charge in [0.25, 0.3) is 11.6 Å². The number of rotatable bonds is 5. The molecule has 5 heteroatoms. The quantitative estimate of drug-likeness (QED) is 0.599. The van der Waals surface area contributed by atoms with Crippen LogP contribution in [0.5, 0.6) is 0 Å². The van der Waals surface area contributed by atoms with Crippen molar-refractivity contribution in [1.29, 1.82) is 0 Å². The van der Waals surface area contributed by atoms with Gasteiger partial charge in [-0.05, 0) is 51.0 Å². The molecule has 0 spiro atoms. The van der Waals surface area contributed by atoms with Gasteiger partial charge in [-0.25, -0.2) is 0 Å². The summed E-state index contributed by atoms with van der Waals surface area (Å²) in [7, 11) is 0. The van der Waals surface area contributed by atoms with E-state index < -0.39 is 4.92 Å². The van der Waals surface area contributed by atoms with Crippen LogP contribution >= 0.6 is 0 Å². The fourth-order valence-corrected chi connectivity index (χ4v) is 2.88. The molecule has 1 amide bonds. The molecule has 0 heterocycles. The van der Waals surface area contributed by atoms with Gasteiger partial charge in [0.15, 0.2) is 0 Å². The van der Waals surface area contributed by atoms with Crippen molar-refractivity contribution < 1.29 is 9.72 Å². The molecule has 0 aliphatic heterocycles. The standard InChI is InChI=1S/C19H22N2O3/c1-13(2)20(14(3)4)19(22)17-12-16(10-11-18(17)21(23)24)15-8-6-5-7-9-15/h5-14H,1-4H3. The zero-order valence-corrected chi connectivity index (χ0v) is 14.4. The minimum absolute atomic E-state index is 0.0440. The summed E-state index contributed by atoms with van der Waals surface area (Å²) in [5, 5.41) is 11.4. The maximum absolute atomic E-state index is 13.0. The molecule has 0 bridgehead atoms. The van der Waals surface area contributed by atoms with Gasteiger partial charge in [0.1, 0.15) is 5.56 Å². The highest BCUT2D eigenvalue weighted by atomic mass is 16.6. The molecule has 24 heavy (non-hydrogen) atoms. The van der Waals surface area contributed by atoms with Crippen molar-refractivity contribution in [3.05, 3.63) is 64.2 Å². The zero-order chi connectivity index (χ0) is 17.9. The highest BCUT2D eigenvalue weighted by molar-refractivity contribution is 5.99. The Morgan fingerprint density at radius 2 is 1.54 bits per heavy atom. The first kappa shape index (κ1) is 17.7. The molecule has 0 unspecified atom stereocenters. The lowest BCUT2D eigenvalue weighted by Gasteiger charge is -2.30. The summed E-state index contributed by atoms with van der Waals surface area (Å²) in [6.07, 6.45) is 0. The Labute approximate surface area is 142 Å². The van der Waals surface area contributed by atoms with Crippen molar-refractivity contribution in [2.45, 2.75) is 39.8 Å². The van der Waals surface area contributed by atoms with Gasteiger partial charge in [0.2, 0.25) is 0 Å². The third-order valence-electron chi connectivity index (χ3n) is 3.88. The van der Waals surface area contributed by atoms with Gasteiger partial charge in [-0.1, -0.05) is 30.3 Å². The molecule has 2 aromatic rings. The van der Waals surface area contributed by atoms with E-state index in [1.807, 2.05) is 58.0 Å². The van der Waals surface area contributed by atoms with E-state index in [0.29, 0.717) is 0 Å². The van der Waals surface area contributed by atoms with Crippen LogP contribution in [0.1, 0.15) is 38.1 Å². The van der Waals surface area contributed by atoms with Crippen LogP contribution in [0.2, 0.25) is 0 Å². The molecule has 2 aromatic carbocycles. The van der Waals surface area contributed by atoms with Gasteiger partial charge in [-0.2, -0.15) is 0 Å². The van der Waals surface area contributed by atoms with Crippen LogP contribution in [0.3, 0.4) is 0 Å². The number of carbonyl (C=O) groups is 1. The predicted octanol–water partition coefficient (Wildman–Crippen LogP) is 4.52. The molecule has 0 saturated heterocycles. The second-order valence-corrected chi connectivity index (χ2v) is 6.25. The Balaban J connectivity index is 2.57. The van der Waals surface area contributed by atoms with E-state index in [1.165, 1.54) is 6.07 Å². The van der Waals surface area contributed by atoms with E-state index >= 15 is 0 Å². The van der Waals surface area contributed by atoms with Crippen molar-refractivity contribution >= 4 is 11.6 Å². The van der Waals surface area contributed by atoms with E-state index in [1.54, 1.807) is 17.0 Å². The lowest BCUT2D eigenvalue weighted by molar-refractivity contribution is -0.385. The minimum atomic E-state index is -0.499. The third-order valence-corrected chi connectivity index (χ3v) is 3.88. The van der Waals surface area contributed by atoms with Gasteiger partial charge in [-0.3, -0.25) is 14.9 Å². The van der Waals surface area contributed by atoms with Crippen molar-refractivity contribution in [2.24, 2.45) is 0 Å². The molecule has 0 aromatic heterocycles. The third kappa shape index (κ3) is 3.62. The number of amides is 1. The first-order valence-electron chi connectivity index (χ1n) is 7.99. The summed E-state index contributed by atoms with van der Waals surface area (Å²) in [6, 6.07) is 14.1. The van der Waals surface area contributed by atoms with Gasteiger partial charge in [-0.15, -0.1) is 0 Å². The molecule has 0 radical (unpaired) electrons. The predicted molar refractivity (Wildman–Crippen MR) is 95.0 cm³/mol. The second kappa shape index (κ2) is 7.25. The molecular weight excluding hydrogens is 304 g/mol. The van der Waals surface area contributed by atoms with Crippen molar-refractivity contribution in [1.82, 2.24) is 4.90 Å². The molecular formula is C19H22N2O3. The Bertz CT molecular complexity index is 732. The van der Waals surface area contributed by atoms with Crippen LogP contribution in [0.15, 0.2) is 48.5 Å². The molecule has 0 fully saturated rings. The summed E-state index contributed by atoms with van der Waals surface area (Å²) in [6.45, 7) is 7.63. The number of nitro benzene ring substituents is 1. The molecule has 126 valence electrons. The van der Waals surface area contributed by atoms with Gasteiger partial charge in [0.05, 0.1) is 4.92 Å². The average molecular weight is 326 g/mol. The summed E-state index contributed by atoms with van der Waals surface area (Å²) in [4.78, 5) is 25.5. The SMILES string of the molecule is CC(C)N(C(=O)c1cc(-c2ccccc2)ccc1[N+](=O)[O-])C(C)C. The molecule has 0 atom stereocenters. The second-order valence-electron chi connectivity index (χ2n) is 6.25. The maximum atomic E-state index is 13.0. The van der Waals surface area contributed by atoms with E-state index in [0.717, 1.165) is 11.1 Å². The first-order chi connectivity index (χ1) is 11.3. The highest BCUT2D eigenvalue weighted by Crippen LogP contribution is 2.28. The summed E-state index contributed by atoms with van der Waals surface area (Å²) in [5.41, 5.74) is 1.67. The van der Waals surface area contributed by atoms with E-state index in [4.69, 9.17) is 0 Å². The Kier molecular flexibility index (Phi) is 5.34. The van der Waals surface area contributed by atoms with Crippen molar-refractivity contribution in [3.8, 4) is 11.1 Å². The summed E-state index contributed by atoms with van der Waals surface area (Å²) >= 11 is 0. The van der Waals surface area contributed by atoms with E-state index in [9.17, 15) is 14.9 Å². The van der Waals surface area contributed by atoms with Gasteiger partial charge < -0.3 is 4.90 Å². The van der Waals surface area contributed by atoms with E-state index in [2.05, 4.69) is 0 Å². The van der Waals surface area contributed by atoms with Crippen molar-refractivity contribution in [3.63, 3.8) is 0 Å². The monoisotopic (exact) mass is 326 g/mol. The van der Waals surface area contributed by atoms with E-state index in [-0.39, 0.29) is 29.2 Å². The van der Waals surface area contributed by atoms with Crippen LogP contribution in [-0.4, -0.2) is 27.8 Å².